The molecular formula is C23H22N2O4S2. The van der Waals surface area contributed by atoms with E-state index in [0.717, 1.165) is 17.3 Å². The van der Waals surface area contributed by atoms with Crippen LogP contribution < -0.4 is 4.90 Å². The van der Waals surface area contributed by atoms with Crippen LogP contribution in [0.1, 0.15) is 22.8 Å². The Kier molecular flexibility index (Phi) is 7.97. The number of rotatable bonds is 9. The van der Waals surface area contributed by atoms with Crippen molar-refractivity contribution in [2.24, 2.45) is 5.92 Å². The highest BCUT2D eigenvalue weighted by atomic mass is 32.2. The number of amides is 1. The van der Waals surface area contributed by atoms with Crippen LogP contribution in [0.5, 0.6) is 0 Å². The van der Waals surface area contributed by atoms with Crippen LogP contribution in [-0.2, 0) is 16.0 Å². The molecule has 160 valence electrons. The molecule has 1 heterocycles. The molecular weight excluding hydrogens is 432 g/mol. The number of thiazole rings is 1. The van der Waals surface area contributed by atoms with Gasteiger partial charge in [-0.1, -0.05) is 72.4 Å². The first-order valence-corrected chi connectivity index (χ1v) is 11.6. The first-order valence-electron chi connectivity index (χ1n) is 9.67. The monoisotopic (exact) mass is 454 g/mol. The zero-order valence-electron chi connectivity index (χ0n) is 16.9. The third-order valence-corrected chi connectivity index (χ3v) is 6.39. The lowest BCUT2D eigenvalue weighted by Gasteiger charge is -2.28. The lowest BCUT2D eigenvalue weighted by Crippen LogP contribution is -2.47. The number of aromatic nitrogens is 1. The van der Waals surface area contributed by atoms with Crippen molar-refractivity contribution < 1.29 is 19.5 Å². The lowest BCUT2D eigenvalue weighted by molar-refractivity contribution is -0.140. The number of carbonyl (C=O) groups is 3. The summed E-state index contributed by atoms with van der Waals surface area (Å²) < 4.78 is 0. The molecule has 8 heteroatoms. The predicted octanol–water partition coefficient (Wildman–Crippen LogP) is 4.38. The molecule has 0 saturated heterocycles. The van der Waals surface area contributed by atoms with E-state index >= 15 is 0 Å². The number of carbonyl (C=O) groups excluding carboxylic acids is 2. The fourth-order valence-electron chi connectivity index (χ4n) is 3.08. The second-order valence-electron chi connectivity index (χ2n) is 6.92. The SMILES string of the molecule is C[C@@H](C(=O)O)N(C(=O)C(CSC(=O)c1ccccc1)Cc1ccccc1)c1cscn1. The average Bonchev–Trinajstić information content (AvgIpc) is 3.32. The van der Waals surface area contributed by atoms with E-state index in [1.165, 1.54) is 23.2 Å². The van der Waals surface area contributed by atoms with Gasteiger partial charge in [0.15, 0.2) is 0 Å². The third-order valence-electron chi connectivity index (χ3n) is 4.75. The normalized spacial score (nSPS) is 12.7. The van der Waals surface area contributed by atoms with Crippen molar-refractivity contribution >= 4 is 45.9 Å². The van der Waals surface area contributed by atoms with Gasteiger partial charge in [0.05, 0.1) is 11.4 Å². The minimum absolute atomic E-state index is 0.127. The molecule has 0 bridgehead atoms. The Bertz CT molecular complexity index is 1010. The van der Waals surface area contributed by atoms with E-state index in [1.807, 2.05) is 36.4 Å². The first kappa shape index (κ1) is 22.7. The van der Waals surface area contributed by atoms with Crippen LogP contribution in [0.3, 0.4) is 0 Å². The summed E-state index contributed by atoms with van der Waals surface area (Å²) in [4.78, 5) is 43.2. The number of aliphatic carboxylic acids is 1. The summed E-state index contributed by atoms with van der Waals surface area (Å²) in [6.07, 6.45) is 0.391. The fourth-order valence-corrected chi connectivity index (χ4v) is 4.53. The van der Waals surface area contributed by atoms with Gasteiger partial charge in [-0.15, -0.1) is 11.3 Å². The largest absolute Gasteiger partial charge is 0.480 e. The number of hydrogen-bond donors (Lipinski definition) is 1. The quantitative estimate of drug-likeness (QED) is 0.516. The van der Waals surface area contributed by atoms with Gasteiger partial charge in [-0.3, -0.25) is 14.5 Å². The molecule has 1 aromatic heterocycles. The second kappa shape index (κ2) is 10.9. The highest BCUT2D eigenvalue weighted by Crippen LogP contribution is 2.25. The van der Waals surface area contributed by atoms with Crippen LogP contribution in [0.15, 0.2) is 71.6 Å². The van der Waals surface area contributed by atoms with Crippen molar-refractivity contribution in [3.8, 4) is 0 Å². The molecule has 31 heavy (non-hydrogen) atoms. The maximum Gasteiger partial charge on any atom is 0.326 e. The molecule has 2 atom stereocenters. The average molecular weight is 455 g/mol. The molecule has 0 aliphatic carbocycles. The van der Waals surface area contributed by atoms with Crippen molar-refractivity contribution in [1.29, 1.82) is 0 Å². The second-order valence-corrected chi connectivity index (χ2v) is 8.63. The van der Waals surface area contributed by atoms with Crippen LogP contribution >= 0.6 is 23.1 Å². The van der Waals surface area contributed by atoms with Crippen LogP contribution in [0.4, 0.5) is 5.82 Å². The van der Waals surface area contributed by atoms with Gasteiger partial charge in [-0.25, -0.2) is 9.78 Å². The molecule has 0 saturated carbocycles. The highest BCUT2D eigenvalue weighted by molar-refractivity contribution is 8.14. The standard InChI is InChI=1S/C23H22N2O4S2/c1-16(22(27)28)25(20-14-30-15-24-20)21(26)19(12-17-8-4-2-5-9-17)13-31-23(29)18-10-6-3-7-11-18/h2-11,14-16,19H,12-13H2,1H3,(H,27,28)/t16-,19?/m0/s1. The van der Waals surface area contributed by atoms with E-state index in [-0.39, 0.29) is 16.8 Å². The molecule has 0 aliphatic heterocycles. The van der Waals surface area contributed by atoms with Crippen molar-refractivity contribution in [2.45, 2.75) is 19.4 Å². The fraction of sp³-hybridized carbons (Fsp3) is 0.217. The maximum atomic E-state index is 13.5. The molecule has 0 fully saturated rings. The third kappa shape index (κ3) is 6.02. The number of carboxylic acids is 1. The zero-order chi connectivity index (χ0) is 22.2. The zero-order valence-corrected chi connectivity index (χ0v) is 18.5. The predicted molar refractivity (Wildman–Crippen MR) is 124 cm³/mol. The van der Waals surface area contributed by atoms with Crippen molar-refractivity contribution in [3.63, 3.8) is 0 Å². The number of nitrogens with zero attached hydrogens (tertiary/aromatic N) is 2. The Morgan fingerprint density at radius 1 is 1.06 bits per heavy atom. The molecule has 1 amide bonds. The summed E-state index contributed by atoms with van der Waals surface area (Å²) in [5, 5.41) is 11.1. The molecule has 1 unspecified atom stereocenters. The van der Waals surface area contributed by atoms with Gasteiger partial charge in [0.2, 0.25) is 11.0 Å². The highest BCUT2D eigenvalue weighted by Gasteiger charge is 2.34. The van der Waals surface area contributed by atoms with E-state index in [2.05, 4.69) is 4.98 Å². The summed E-state index contributed by atoms with van der Waals surface area (Å²) in [6.45, 7) is 1.46. The summed E-state index contributed by atoms with van der Waals surface area (Å²) in [7, 11) is 0. The van der Waals surface area contributed by atoms with E-state index < -0.39 is 17.9 Å². The smallest absolute Gasteiger partial charge is 0.326 e. The van der Waals surface area contributed by atoms with Gasteiger partial charge in [-0.2, -0.15) is 0 Å². The van der Waals surface area contributed by atoms with Crippen LogP contribution in [0, 0.1) is 5.92 Å². The Labute approximate surface area is 188 Å². The number of anilines is 1. The number of hydrogen-bond acceptors (Lipinski definition) is 6. The first-order chi connectivity index (χ1) is 15.0. The van der Waals surface area contributed by atoms with Crippen LogP contribution in [-0.4, -0.2) is 38.9 Å². The summed E-state index contributed by atoms with van der Waals surface area (Å²) in [6, 6.07) is 17.3. The molecule has 2 aromatic carbocycles. The maximum absolute atomic E-state index is 13.5. The van der Waals surface area contributed by atoms with E-state index in [9.17, 15) is 19.5 Å². The Morgan fingerprint density at radius 3 is 2.29 bits per heavy atom. The minimum atomic E-state index is -1.12. The van der Waals surface area contributed by atoms with Crippen molar-refractivity contribution in [2.75, 3.05) is 10.7 Å². The van der Waals surface area contributed by atoms with E-state index in [1.54, 1.807) is 35.2 Å². The molecule has 6 nitrogen and oxygen atoms in total. The summed E-state index contributed by atoms with van der Waals surface area (Å²) in [5.74, 6) is -1.54. The van der Waals surface area contributed by atoms with Gasteiger partial charge in [-0.05, 0) is 18.9 Å². The lowest BCUT2D eigenvalue weighted by atomic mass is 9.99. The number of carboxylic acid groups (broad SMARTS) is 1. The molecule has 1 N–H and O–H groups in total. The van der Waals surface area contributed by atoms with Gasteiger partial charge in [0.1, 0.15) is 11.9 Å². The van der Waals surface area contributed by atoms with E-state index in [4.69, 9.17) is 0 Å². The Hall–Kier alpha value is -2.97. The minimum Gasteiger partial charge on any atom is -0.480 e. The van der Waals surface area contributed by atoms with Crippen molar-refractivity contribution in [3.05, 3.63) is 82.7 Å². The number of benzene rings is 2. The summed E-state index contributed by atoms with van der Waals surface area (Å²) >= 11 is 2.36. The molecule has 0 aliphatic rings. The van der Waals surface area contributed by atoms with E-state index in [0.29, 0.717) is 17.8 Å². The van der Waals surface area contributed by atoms with Crippen LogP contribution in [0.2, 0.25) is 0 Å². The van der Waals surface area contributed by atoms with Gasteiger partial charge in [0.25, 0.3) is 0 Å². The molecule has 3 aromatic rings. The van der Waals surface area contributed by atoms with Crippen molar-refractivity contribution in [1.82, 2.24) is 4.98 Å². The Balaban J connectivity index is 1.85. The topological polar surface area (TPSA) is 87.6 Å². The van der Waals surface area contributed by atoms with Gasteiger partial charge in [0, 0.05) is 16.7 Å². The number of thioether (sulfide) groups is 1. The van der Waals surface area contributed by atoms with Gasteiger partial charge >= 0.3 is 5.97 Å². The Morgan fingerprint density at radius 2 is 1.71 bits per heavy atom. The summed E-state index contributed by atoms with van der Waals surface area (Å²) in [5.41, 5.74) is 3.06. The molecule has 3 rings (SSSR count). The van der Waals surface area contributed by atoms with Crippen LogP contribution in [0.25, 0.3) is 0 Å². The van der Waals surface area contributed by atoms with Gasteiger partial charge < -0.3 is 5.11 Å². The molecule has 0 spiro atoms. The molecule has 0 radical (unpaired) electrons.